The molecule has 0 amide bonds. The number of nitrogens with zero attached hydrogens (tertiary/aromatic N) is 3. The van der Waals surface area contributed by atoms with Gasteiger partial charge in [0.1, 0.15) is 0 Å². The molecule has 9 nitrogen and oxygen atoms in total. The average molecular weight is 384 g/mol. The van der Waals surface area contributed by atoms with Crippen molar-refractivity contribution in [1.29, 1.82) is 0 Å². The van der Waals surface area contributed by atoms with Gasteiger partial charge in [0.05, 0.1) is 18.6 Å². The number of hydrogen-bond donors (Lipinski definition) is 1. The van der Waals surface area contributed by atoms with Crippen LogP contribution in [0.5, 0.6) is 0 Å². The van der Waals surface area contributed by atoms with Crippen molar-refractivity contribution in [3.63, 3.8) is 0 Å². The number of hydrogen-bond acceptors (Lipinski definition) is 6. The maximum absolute atomic E-state index is 11.6. The number of halogens is 1. The molecule has 0 atom stereocenters. The van der Waals surface area contributed by atoms with Gasteiger partial charge in [-0.1, -0.05) is 28.1 Å². The van der Waals surface area contributed by atoms with Gasteiger partial charge >= 0.3 is 17.6 Å². The zero-order chi connectivity index (χ0) is 17.1. The molecule has 2 aromatic rings. The summed E-state index contributed by atoms with van der Waals surface area (Å²) in [6.45, 7) is -0.0489. The number of carboxylic acids is 1. The van der Waals surface area contributed by atoms with E-state index < -0.39 is 33.9 Å². The number of carbonyl (C=O) groups is 2. The molecule has 0 aliphatic heterocycles. The zero-order valence-corrected chi connectivity index (χ0v) is 13.3. The van der Waals surface area contributed by atoms with Crippen LogP contribution >= 0.6 is 15.9 Å². The van der Waals surface area contributed by atoms with Gasteiger partial charge in [-0.3, -0.25) is 10.1 Å². The van der Waals surface area contributed by atoms with Crippen LogP contribution in [0, 0.1) is 10.1 Å². The topological polar surface area (TPSA) is 125 Å². The van der Waals surface area contributed by atoms with Crippen molar-refractivity contribution in [3.8, 4) is 0 Å². The quantitative estimate of drug-likeness (QED) is 0.475. The van der Waals surface area contributed by atoms with E-state index in [9.17, 15) is 24.8 Å². The number of benzene rings is 1. The highest BCUT2D eigenvalue weighted by Gasteiger charge is 2.36. The Labute approximate surface area is 137 Å². The Bertz CT molecular complexity index is 784. The molecule has 0 saturated heterocycles. The molecule has 120 valence electrons. The molecule has 23 heavy (non-hydrogen) atoms. The summed E-state index contributed by atoms with van der Waals surface area (Å²) in [4.78, 5) is 33.2. The summed E-state index contributed by atoms with van der Waals surface area (Å²) < 4.78 is 6.14. The number of carboxylic acid groups (broad SMARTS) is 1. The van der Waals surface area contributed by atoms with Gasteiger partial charge in [-0.2, -0.15) is 5.10 Å². The van der Waals surface area contributed by atoms with E-state index in [1.54, 1.807) is 24.3 Å². The molecule has 0 radical (unpaired) electrons. The summed E-state index contributed by atoms with van der Waals surface area (Å²) in [5.41, 5.74) is -1.56. The molecule has 0 bridgehead atoms. The molecule has 0 spiro atoms. The predicted octanol–water partition coefficient (Wildman–Crippen LogP) is 2.09. The molecule has 0 aliphatic carbocycles. The van der Waals surface area contributed by atoms with Crippen LogP contribution in [0.15, 0.2) is 28.7 Å². The molecule has 1 heterocycles. The van der Waals surface area contributed by atoms with E-state index in [1.165, 1.54) is 0 Å². The van der Waals surface area contributed by atoms with Crippen LogP contribution in [0.3, 0.4) is 0 Å². The molecular weight excluding hydrogens is 374 g/mol. The van der Waals surface area contributed by atoms with Crippen LogP contribution in [0.2, 0.25) is 0 Å². The fourth-order valence-electron chi connectivity index (χ4n) is 1.95. The molecule has 1 aromatic carbocycles. The Morgan fingerprint density at radius 2 is 2.00 bits per heavy atom. The minimum absolute atomic E-state index is 0.0489. The number of rotatable bonds is 5. The van der Waals surface area contributed by atoms with Crippen molar-refractivity contribution in [2.75, 3.05) is 7.11 Å². The standard InChI is InChI=1S/C13H10BrN3O6/c1-23-13(20)9-10(17(21)22)11(12(18)19)16(15-9)6-7-2-4-8(14)5-3-7/h2-5H,6H2,1H3,(H,18,19). The Kier molecular flexibility index (Phi) is 4.74. The van der Waals surface area contributed by atoms with E-state index in [2.05, 4.69) is 25.8 Å². The van der Waals surface area contributed by atoms with E-state index in [-0.39, 0.29) is 6.54 Å². The summed E-state index contributed by atoms with van der Waals surface area (Å²) in [5, 5.41) is 24.2. The van der Waals surface area contributed by atoms with Crippen molar-refractivity contribution in [2.45, 2.75) is 6.54 Å². The lowest BCUT2D eigenvalue weighted by Gasteiger charge is -2.04. The highest BCUT2D eigenvalue weighted by atomic mass is 79.9. The van der Waals surface area contributed by atoms with Gasteiger partial charge in [0.15, 0.2) is 0 Å². The van der Waals surface area contributed by atoms with Crippen LogP contribution in [0.4, 0.5) is 5.69 Å². The van der Waals surface area contributed by atoms with E-state index in [1.807, 2.05) is 0 Å². The van der Waals surface area contributed by atoms with Gasteiger partial charge in [0.2, 0.25) is 11.4 Å². The smallest absolute Gasteiger partial charge is 0.365 e. The molecule has 1 N–H and O–H groups in total. The van der Waals surface area contributed by atoms with E-state index >= 15 is 0 Å². The lowest BCUT2D eigenvalue weighted by molar-refractivity contribution is -0.385. The molecule has 0 saturated carbocycles. The summed E-state index contributed by atoms with van der Waals surface area (Å²) in [6.07, 6.45) is 0. The first-order chi connectivity index (χ1) is 10.8. The second-order valence-corrected chi connectivity index (χ2v) is 5.30. The number of esters is 1. The first kappa shape index (κ1) is 16.6. The Hall–Kier alpha value is -2.75. The molecule has 0 aliphatic rings. The van der Waals surface area contributed by atoms with Crippen LogP contribution in [0.25, 0.3) is 0 Å². The van der Waals surface area contributed by atoms with Crippen LogP contribution in [-0.2, 0) is 11.3 Å². The summed E-state index contributed by atoms with van der Waals surface area (Å²) in [7, 11) is 1.03. The van der Waals surface area contributed by atoms with Crippen molar-refractivity contribution in [2.24, 2.45) is 0 Å². The average Bonchev–Trinajstić information content (AvgIpc) is 2.88. The van der Waals surface area contributed by atoms with Gasteiger partial charge in [0.25, 0.3) is 0 Å². The first-order valence-corrected chi connectivity index (χ1v) is 6.95. The SMILES string of the molecule is COC(=O)c1nn(Cc2ccc(Br)cc2)c(C(=O)O)c1[N+](=O)[O-]. The monoisotopic (exact) mass is 383 g/mol. The number of aromatic nitrogens is 2. The van der Waals surface area contributed by atoms with Gasteiger partial charge < -0.3 is 9.84 Å². The van der Waals surface area contributed by atoms with Crippen molar-refractivity contribution < 1.29 is 24.4 Å². The van der Waals surface area contributed by atoms with Gasteiger partial charge in [-0.05, 0) is 17.7 Å². The first-order valence-electron chi connectivity index (χ1n) is 6.16. The minimum atomic E-state index is -1.56. The van der Waals surface area contributed by atoms with Crippen LogP contribution < -0.4 is 0 Å². The van der Waals surface area contributed by atoms with Crippen LogP contribution in [-0.4, -0.2) is 38.9 Å². The fraction of sp³-hybridized carbons (Fsp3) is 0.154. The number of aromatic carboxylic acids is 1. The van der Waals surface area contributed by atoms with Crippen molar-refractivity contribution in [1.82, 2.24) is 9.78 Å². The third kappa shape index (κ3) is 3.37. The van der Waals surface area contributed by atoms with E-state index in [0.29, 0.717) is 5.56 Å². The summed E-state index contributed by atoms with van der Waals surface area (Å²) in [5.74, 6) is -2.63. The van der Waals surface area contributed by atoms with Crippen molar-refractivity contribution in [3.05, 3.63) is 55.8 Å². The Morgan fingerprint density at radius 3 is 2.48 bits per heavy atom. The maximum atomic E-state index is 11.6. The number of ether oxygens (including phenoxy) is 1. The van der Waals surface area contributed by atoms with Crippen LogP contribution in [0.1, 0.15) is 26.5 Å². The minimum Gasteiger partial charge on any atom is -0.476 e. The molecule has 0 unspecified atom stereocenters. The normalized spacial score (nSPS) is 10.3. The van der Waals surface area contributed by atoms with Crippen molar-refractivity contribution >= 4 is 33.6 Å². The Morgan fingerprint density at radius 1 is 1.39 bits per heavy atom. The molecule has 1 aromatic heterocycles. The second-order valence-electron chi connectivity index (χ2n) is 4.38. The van der Waals surface area contributed by atoms with E-state index in [0.717, 1.165) is 16.3 Å². The molecule has 2 rings (SSSR count). The highest BCUT2D eigenvalue weighted by molar-refractivity contribution is 9.10. The third-order valence-electron chi connectivity index (χ3n) is 2.94. The lowest BCUT2D eigenvalue weighted by atomic mass is 10.2. The lowest BCUT2D eigenvalue weighted by Crippen LogP contribution is -2.12. The Balaban J connectivity index is 2.58. The number of nitro groups is 1. The largest absolute Gasteiger partial charge is 0.476 e. The maximum Gasteiger partial charge on any atom is 0.365 e. The summed E-state index contributed by atoms with van der Waals surface area (Å²) >= 11 is 3.26. The third-order valence-corrected chi connectivity index (χ3v) is 3.47. The molecule has 0 fully saturated rings. The zero-order valence-electron chi connectivity index (χ0n) is 11.7. The summed E-state index contributed by atoms with van der Waals surface area (Å²) in [6, 6.07) is 6.85. The van der Waals surface area contributed by atoms with Gasteiger partial charge in [0, 0.05) is 4.47 Å². The van der Waals surface area contributed by atoms with E-state index in [4.69, 9.17) is 0 Å². The van der Waals surface area contributed by atoms with Gasteiger partial charge in [-0.25, -0.2) is 14.3 Å². The number of methoxy groups -OCH3 is 1. The number of carbonyl (C=O) groups excluding carboxylic acids is 1. The fourth-order valence-corrected chi connectivity index (χ4v) is 2.21. The predicted molar refractivity (Wildman–Crippen MR) is 80.4 cm³/mol. The highest BCUT2D eigenvalue weighted by Crippen LogP contribution is 2.25. The van der Waals surface area contributed by atoms with Gasteiger partial charge in [-0.15, -0.1) is 0 Å². The second kappa shape index (κ2) is 6.57. The molecular formula is C13H10BrN3O6. The molecule has 10 heteroatoms.